The average molecular weight is 300 g/mol. The molecule has 1 rings (SSSR count). The minimum atomic E-state index is -0.703. The van der Waals surface area contributed by atoms with Gasteiger partial charge in [-0.05, 0) is 38.0 Å². The molecule has 0 aliphatic rings. The minimum absolute atomic E-state index is 0.0716. The Balaban J connectivity index is 2.63. The van der Waals surface area contributed by atoms with Gasteiger partial charge in [0.15, 0.2) is 6.61 Å². The minimum Gasteiger partial charge on any atom is -0.483 e. The second kappa shape index (κ2) is 8.12. The highest BCUT2D eigenvalue weighted by Gasteiger charge is 2.13. The van der Waals surface area contributed by atoms with Crippen LogP contribution in [0.4, 0.5) is 0 Å². The highest BCUT2D eigenvalue weighted by atomic mass is 35.5. The molecule has 2 N–H and O–H groups in total. The van der Waals surface area contributed by atoms with Crippen molar-refractivity contribution in [3.05, 3.63) is 28.8 Å². The monoisotopic (exact) mass is 299 g/mol. The van der Waals surface area contributed by atoms with Gasteiger partial charge in [0.25, 0.3) is 5.91 Å². The van der Waals surface area contributed by atoms with Crippen LogP contribution in [0.15, 0.2) is 18.2 Å². The lowest BCUT2D eigenvalue weighted by molar-refractivity contribution is -0.123. The lowest BCUT2D eigenvalue weighted by Gasteiger charge is -2.17. The summed E-state index contributed by atoms with van der Waals surface area (Å²) in [4.78, 5) is 11.8. The third-order valence-corrected chi connectivity index (χ3v) is 3.37. The van der Waals surface area contributed by atoms with Gasteiger partial charge in [-0.1, -0.05) is 25.4 Å². The van der Waals surface area contributed by atoms with Crippen LogP contribution >= 0.6 is 11.6 Å². The average Bonchev–Trinajstić information content (AvgIpc) is 2.43. The van der Waals surface area contributed by atoms with E-state index < -0.39 is 6.10 Å². The van der Waals surface area contributed by atoms with Crippen molar-refractivity contribution in [2.45, 2.75) is 45.8 Å². The van der Waals surface area contributed by atoms with Crippen molar-refractivity contribution in [2.24, 2.45) is 0 Å². The zero-order valence-corrected chi connectivity index (χ0v) is 12.9. The number of aliphatic hydroxyl groups is 1. The summed E-state index contributed by atoms with van der Waals surface area (Å²) in [6, 6.07) is 5.14. The molecule has 1 atom stereocenters. The van der Waals surface area contributed by atoms with Crippen molar-refractivity contribution in [1.29, 1.82) is 0 Å². The van der Waals surface area contributed by atoms with Gasteiger partial charge < -0.3 is 15.2 Å². The van der Waals surface area contributed by atoms with Gasteiger partial charge >= 0.3 is 0 Å². The highest BCUT2D eigenvalue weighted by molar-refractivity contribution is 6.30. The number of rotatable bonds is 7. The van der Waals surface area contributed by atoms with E-state index in [4.69, 9.17) is 16.3 Å². The van der Waals surface area contributed by atoms with Gasteiger partial charge in [0.2, 0.25) is 0 Å². The molecule has 0 spiro atoms. The number of nitrogens with one attached hydrogen (secondary N) is 1. The van der Waals surface area contributed by atoms with Crippen LogP contribution in [-0.2, 0) is 4.79 Å². The summed E-state index contributed by atoms with van der Waals surface area (Å²) in [6.45, 7) is 5.61. The molecule has 20 heavy (non-hydrogen) atoms. The van der Waals surface area contributed by atoms with E-state index in [-0.39, 0.29) is 18.6 Å². The summed E-state index contributed by atoms with van der Waals surface area (Å²) in [5.74, 6) is 0.314. The molecule has 112 valence electrons. The summed E-state index contributed by atoms with van der Waals surface area (Å²) in [7, 11) is 0. The zero-order chi connectivity index (χ0) is 15.1. The third-order valence-electron chi connectivity index (χ3n) is 3.13. The first-order valence-electron chi connectivity index (χ1n) is 6.87. The van der Waals surface area contributed by atoms with Crippen LogP contribution in [-0.4, -0.2) is 23.7 Å². The Kier molecular flexibility index (Phi) is 6.82. The largest absolute Gasteiger partial charge is 0.483 e. The number of aliphatic hydroxyl groups excluding tert-OH is 1. The van der Waals surface area contributed by atoms with Gasteiger partial charge in [-0.3, -0.25) is 4.79 Å². The van der Waals surface area contributed by atoms with E-state index in [0.29, 0.717) is 16.3 Å². The molecule has 0 aliphatic carbocycles. The van der Waals surface area contributed by atoms with Crippen molar-refractivity contribution >= 4 is 17.5 Å². The number of hydrogen-bond donors (Lipinski definition) is 2. The zero-order valence-electron chi connectivity index (χ0n) is 12.1. The van der Waals surface area contributed by atoms with Gasteiger partial charge in [0, 0.05) is 16.6 Å². The number of halogens is 1. The first-order chi connectivity index (χ1) is 9.47. The maximum atomic E-state index is 11.8. The van der Waals surface area contributed by atoms with Gasteiger partial charge in [-0.2, -0.15) is 0 Å². The van der Waals surface area contributed by atoms with Gasteiger partial charge in [0.05, 0.1) is 6.10 Å². The van der Waals surface area contributed by atoms with Crippen molar-refractivity contribution in [2.75, 3.05) is 6.61 Å². The Morgan fingerprint density at radius 1 is 1.40 bits per heavy atom. The fraction of sp³-hybridized carbons (Fsp3) is 0.533. The molecule has 0 radical (unpaired) electrons. The molecule has 0 heterocycles. The van der Waals surface area contributed by atoms with Crippen LogP contribution in [0.1, 0.15) is 45.3 Å². The van der Waals surface area contributed by atoms with Crippen molar-refractivity contribution in [1.82, 2.24) is 5.32 Å². The van der Waals surface area contributed by atoms with E-state index in [9.17, 15) is 9.90 Å². The van der Waals surface area contributed by atoms with Gasteiger partial charge in [-0.15, -0.1) is 0 Å². The van der Waals surface area contributed by atoms with E-state index in [1.54, 1.807) is 25.1 Å². The molecule has 5 heteroatoms. The Morgan fingerprint density at radius 3 is 2.60 bits per heavy atom. The molecule has 1 aromatic carbocycles. The maximum absolute atomic E-state index is 11.8. The second-order valence-electron chi connectivity index (χ2n) is 4.73. The van der Waals surface area contributed by atoms with Crippen LogP contribution in [0, 0.1) is 0 Å². The molecular weight excluding hydrogens is 278 g/mol. The van der Waals surface area contributed by atoms with Crippen LogP contribution < -0.4 is 10.1 Å². The summed E-state index contributed by atoms with van der Waals surface area (Å²) in [6.07, 6.45) is 1.08. The van der Waals surface area contributed by atoms with Gasteiger partial charge in [0.1, 0.15) is 5.75 Å². The smallest absolute Gasteiger partial charge is 0.258 e. The summed E-state index contributed by atoms with van der Waals surface area (Å²) in [5, 5.41) is 13.1. The standard InChI is InChI=1S/C15H22ClNO3/c1-4-12(5-2)17-15(19)9-20-14-7-6-11(16)8-13(14)10(3)18/h6-8,10,12,18H,4-5,9H2,1-3H3,(H,17,19). The normalized spacial score (nSPS) is 12.3. The van der Waals surface area contributed by atoms with E-state index >= 15 is 0 Å². The number of amides is 1. The fourth-order valence-electron chi connectivity index (χ4n) is 1.88. The van der Waals surface area contributed by atoms with Crippen molar-refractivity contribution in [3.8, 4) is 5.75 Å². The Bertz CT molecular complexity index is 445. The van der Waals surface area contributed by atoms with Crippen LogP contribution in [0.5, 0.6) is 5.75 Å². The van der Waals surface area contributed by atoms with Crippen molar-refractivity contribution < 1.29 is 14.6 Å². The number of carbonyl (C=O) groups is 1. The van der Waals surface area contributed by atoms with Crippen LogP contribution in [0.3, 0.4) is 0 Å². The number of carbonyl (C=O) groups excluding carboxylic acids is 1. The lowest BCUT2D eigenvalue weighted by Crippen LogP contribution is -2.37. The fourth-order valence-corrected chi connectivity index (χ4v) is 2.06. The van der Waals surface area contributed by atoms with Crippen LogP contribution in [0.2, 0.25) is 5.02 Å². The van der Waals surface area contributed by atoms with E-state index in [0.717, 1.165) is 12.8 Å². The molecule has 0 saturated carbocycles. The van der Waals surface area contributed by atoms with Crippen molar-refractivity contribution in [3.63, 3.8) is 0 Å². The van der Waals surface area contributed by atoms with E-state index in [1.165, 1.54) is 0 Å². The van der Waals surface area contributed by atoms with Crippen LogP contribution in [0.25, 0.3) is 0 Å². The maximum Gasteiger partial charge on any atom is 0.258 e. The third kappa shape index (κ3) is 5.02. The Hall–Kier alpha value is -1.26. The topological polar surface area (TPSA) is 58.6 Å². The highest BCUT2D eigenvalue weighted by Crippen LogP contribution is 2.28. The predicted octanol–water partition coefficient (Wildman–Crippen LogP) is 3.08. The SMILES string of the molecule is CCC(CC)NC(=O)COc1ccc(Cl)cc1C(C)O. The molecule has 0 saturated heterocycles. The Morgan fingerprint density at radius 2 is 2.05 bits per heavy atom. The molecule has 0 bridgehead atoms. The molecule has 0 aliphatic heterocycles. The number of benzene rings is 1. The van der Waals surface area contributed by atoms with E-state index in [2.05, 4.69) is 5.32 Å². The molecular formula is C15H22ClNO3. The summed E-state index contributed by atoms with van der Waals surface area (Å²) >= 11 is 5.88. The molecule has 1 aromatic rings. The number of ether oxygens (including phenoxy) is 1. The van der Waals surface area contributed by atoms with Gasteiger partial charge in [-0.25, -0.2) is 0 Å². The second-order valence-corrected chi connectivity index (χ2v) is 5.16. The predicted molar refractivity (Wildman–Crippen MR) is 80.1 cm³/mol. The quantitative estimate of drug-likeness (QED) is 0.813. The first kappa shape index (κ1) is 16.8. The summed E-state index contributed by atoms with van der Waals surface area (Å²) < 4.78 is 5.47. The number of hydrogen-bond acceptors (Lipinski definition) is 3. The molecule has 0 fully saturated rings. The summed E-state index contributed by atoms with van der Waals surface area (Å²) in [5.41, 5.74) is 0.577. The lowest BCUT2D eigenvalue weighted by atomic mass is 10.1. The Labute approximate surface area is 125 Å². The molecule has 1 amide bonds. The first-order valence-corrected chi connectivity index (χ1v) is 7.25. The molecule has 1 unspecified atom stereocenters. The van der Waals surface area contributed by atoms with E-state index in [1.807, 2.05) is 13.8 Å². The molecule has 4 nitrogen and oxygen atoms in total. The molecule has 0 aromatic heterocycles.